The Morgan fingerprint density at radius 2 is 1.93 bits per heavy atom. The predicted molar refractivity (Wildman–Crippen MR) is 105 cm³/mol. The Balaban J connectivity index is 1.37. The van der Waals surface area contributed by atoms with Crippen molar-refractivity contribution in [3.05, 3.63) is 60.2 Å². The maximum Gasteiger partial charge on any atom is 0.247 e. The van der Waals surface area contributed by atoms with Crippen molar-refractivity contribution in [1.29, 1.82) is 0 Å². The minimum absolute atomic E-state index is 0.0252. The zero-order chi connectivity index (χ0) is 19.5. The number of likely N-dealkylation sites (N-methyl/N-ethyl adjacent to an activating group) is 1. The summed E-state index contributed by atoms with van der Waals surface area (Å²) in [5.74, 6) is 0.621. The van der Waals surface area contributed by atoms with Crippen LogP contribution in [0.3, 0.4) is 0 Å². The number of halogens is 1. The molecule has 0 aliphatic carbocycles. The number of rotatable bonds is 5. The van der Waals surface area contributed by atoms with Gasteiger partial charge in [-0.1, -0.05) is 18.2 Å². The van der Waals surface area contributed by atoms with Crippen LogP contribution in [-0.2, 0) is 11.2 Å². The Hall–Kier alpha value is -3.22. The van der Waals surface area contributed by atoms with Crippen LogP contribution in [0, 0.1) is 5.82 Å². The van der Waals surface area contributed by atoms with Crippen molar-refractivity contribution in [2.45, 2.75) is 19.3 Å². The molecule has 2 heterocycles. The molecule has 0 spiro atoms. The molecular formula is C21H21FN4O2. The van der Waals surface area contributed by atoms with E-state index in [1.165, 1.54) is 12.1 Å². The SMILES string of the molecule is CN1CCN(C(=O)CCCc2nnc(-c3ccccc3)o2)c2cc(F)ccc21. The number of benzene rings is 2. The molecule has 0 unspecified atom stereocenters. The fourth-order valence-corrected chi connectivity index (χ4v) is 3.36. The number of nitrogens with zero attached hydrogens (tertiary/aromatic N) is 4. The van der Waals surface area contributed by atoms with Crippen molar-refractivity contribution in [1.82, 2.24) is 10.2 Å². The maximum atomic E-state index is 13.7. The van der Waals surface area contributed by atoms with Gasteiger partial charge >= 0.3 is 0 Å². The first kappa shape index (κ1) is 18.2. The summed E-state index contributed by atoms with van der Waals surface area (Å²) in [6, 6.07) is 14.1. The van der Waals surface area contributed by atoms with Gasteiger partial charge < -0.3 is 14.2 Å². The molecule has 0 fully saturated rings. The van der Waals surface area contributed by atoms with Crippen LogP contribution in [0.15, 0.2) is 52.9 Å². The number of amides is 1. The summed E-state index contributed by atoms with van der Waals surface area (Å²) in [6.07, 6.45) is 1.45. The average molecular weight is 380 g/mol. The Morgan fingerprint density at radius 3 is 2.75 bits per heavy atom. The summed E-state index contributed by atoms with van der Waals surface area (Å²) < 4.78 is 19.4. The van der Waals surface area contributed by atoms with Crippen molar-refractivity contribution in [2.75, 3.05) is 29.9 Å². The van der Waals surface area contributed by atoms with Gasteiger partial charge in [0.05, 0.1) is 11.4 Å². The van der Waals surface area contributed by atoms with E-state index >= 15 is 0 Å². The molecule has 1 aliphatic rings. The molecule has 7 heteroatoms. The second-order valence-electron chi connectivity index (χ2n) is 6.82. The quantitative estimate of drug-likeness (QED) is 0.676. The number of fused-ring (bicyclic) bond motifs is 1. The highest BCUT2D eigenvalue weighted by Gasteiger charge is 2.25. The Morgan fingerprint density at radius 1 is 1.11 bits per heavy atom. The van der Waals surface area contributed by atoms with Crippen LogP contribution in [0.4, 0.5) is 15.8 Å². The lowest BCUT2D eigenvalue weighted by Crippen LogP contribution is -2.42. The fraction of sp³-hybridized carbons (Fsp3) is 0.286. The van der Waals surface area contributed by atoms with Crippen LogP contribution in [-0.4, -0.2) is 36.2 Å². The summed E-state index contributed by atoms with van der Waals surface area (Å²) in [5.41, 5.74) is 2.36. The van der Waals surface area contributed by atoms with E-state index in [-0.39, 0.29) is 11.7 Å². The van der Waals surface area contributed by atoms with Crippen molar-refractivity contribution >= 4 is 17.3 Å². The van der Waals surface area contributed by atoms with E-state index < -0.39 is 0 Å². The van der Waals surface area contributed by atoms with E-state index in [2.05, 4.69) is 10.2 Å². The molecular weight excluding hydrogens is 359 g/mol. The topological polar surface area (TPSA) is 62.5 Å². The molecule has 0 saturated heterocycles. The average Bonchev–Trinajstić information content (AvgIpc) is 3.17. The third kappa shape index (κ3) is 3.74. The molecule has 3 aromatic rings. The maximum absolute atomic E-state index is 13.7. The van der Waals surface area contributed by atoms with Crippen molar-refractivity contribution in [3.63, 3.8) is 0 Å². The monoisotopic (exact) mass is 380 g/mol. The first-order valence-corrected chi connectivity index (χ1v) is 9.30. The molecule has 0 N–H and O–H groups in total. The summed E-state index contributed by atoms with van der Waals surface area (Å²) in [5, 5.41) is 8.12. The number of aryl methyl sites for hydroxylation is 1. The molecule has 4 rings (SSSR count). The number of hydrogen-bond acceptors (Lipinski definition) is 5. The van der Waals surface area contributed by atoms with Crippen LogP contribution in [0.5, 0.6) is 0 Å². The van der Waals surface area contributed by atoms with Crippen LogP contribution in [0.1, 0.15) is 18.7 Å². The number of hydrogen-bond donors (Lipinski definition) is 0. The molecule has 2 aromatic carbocycles. The van der Waals surface area contributed by atoms with Gasteiger partial charge in [-0.25, -0.2) is 4.39 Å². The van der Waals surface area contributed by atoms with Crippen LogP contribution < -0.4 is 9.80 Å². The summed E-state index contributed by atoms with van der Waals surface area (Å²) >= 11 is 0. The Bertz CT molecular complexity index is 974. The van der Waals surface area contributed by atoms with Gasteiger partial charge in [0.25, 0.3) is 0 Å². The number of carbonyl (C=O) groups excluding carboxylic acids is 1. The highest BCUT2D eigenvalue weighted by molar-refractivity contribution is 5.97. The second kappa shape index (κ2) is 7.80. The lowest BCUT2D eigenvalue weighted by molar-refractivity contribution is -0.118. The van der Waals surface area contributed by atoms with Gasteiger partial charge in [-0.05, 0) is 36.8 Å². The number of carbonyl (C=O) groups is 1. The lowest BCUT2D eigenvalue weighted by atomic mass is 10.1. The highest BCUT2D eigenvalue weighted by Crippen LogP contribution is 2.33. The second-order valence-corrected chi connectivity index (χ2v) is 6.82. The minimum Gasteiger partial charge on any atom is -0.421 e. The van der Waals surface area contributed by atoms with Crippen molar-refractivity contribution in [3.8, 4) is 11.5 Å². The van der Waals surface area contributed by atoms with E-state index in [0.29, 0.717) is 49.8 Å². The normalized spacial score (nSPS) is 13.5. The largest absolute Gasteiger partial charge is 0.421 e. The number of aromatic nitrogens is 2. The smallest absolute Gasteiger partial charge is 0.247 e. The van der Waals surface area contributed by atoms with Gasteiger partial charge in [0.2, 0.25) is 17.7 Å². The first-order chi connectivity index (χ1) is 13.6. The molecule has 0 bridgehead atoms. The summed E-state index contributed by atoms with van der Waals surface area (Å²) in [7, 11) is 1.94. The van der Waals surface area contributed by atoms with E-state index in [4.69, 9.17) is 4.42 Å². The van der Waals surface area contributed by atoms with Crippen LogP contribution in [0.2, 0.25) is 0 Å². The van der Waals surface area contributed by atoms with E-state index in [1.807, 2.05) is 42.3 Å². The van der Waals surface area contributed by atoms with E-state index in [0.717, 1.165) is 11.3 Å². The zero-order valence-electron chi connectivity index (χ0n) is 15.6. The number of anilines is 2. The predicted octanol–water partition coefficient (Wildman–Crippen LogP) is 3.68. The molecule has 0 saturated carbocycles. The molecule has 6 nitrogen and oxygen atoms in total. The third-order valence-electron chi connectivity index (χ3n) is 4.87. The van der Waals surface area contributed by atoms with Gasteiger partial charge in [0.15, 0.2) is 0 Å². The first-order valence-electron chi connectivity index (χ1n) is 9.30. The van der Waals surface area contributed by atoms with Crippen molar-refractivity contribution in [2.24, 2.45) is 0 Å². The Labute approximate surface area is 162 Å². The molecule has 1 aliphatic heterocycles. The van der Waals surface area contributed by atoms with E-state index in [9.17, 15) is 9.18 Å². The van der Waals surface area contributed by atoms with E-state index in [1.54, 1.807) is 11.0 Å². The molecule has 1 aromatic heterocycles. The van der Waals surface area contributed by atoms with Crippen LogP contribution >= 0.6 is 0 Å². The van der Waals surface area contributed by atoms with Gasteiger partial charge in [-0.2, -0.15) is 0 Å². The van der Waals surface area contributed by atoms with Crippen LogP contribution in [0.25, 0.3) is 11.5 Å². The van der Waals surface area contributed by atoms with Gasteiger partial charge in [0, 0.05) is 38.5 Å². The zero-order valence-corrected chi connectivity index (χ0v) is 15.6. The molecule has 28 heavy (non-hydrogen) atoms. The van der Waals surface area contributed by atoms with Crippen molar-refractivity contribution < 1.29 is 13.6 Å². The summed E-state index contributed by atoms with van der Waals surface area (Å²) in [6.45, 7) is 1.26. The molecule has 0 atom stereocenters. The standard InChI is InChI=1S/C21H21FN4O2/c1-25-12-13-26(18-14-16(22)10-11-17(18)25)20(27)9-5-8-19-23-24-21(28-19)15-6-3-2-4-7-15/h2-4,6-7,10-11,14H,5,8-9,12-13H2,1H3. The van der Waals surface area contributed by atoms with Gasteiger partial charge in [0.1, 0.15) is 5.82 Å². The highest BCUT2D eigenvalue weighted by atomic mass is 19.1. The fourth-order valence-electron chi connectivity index (χ4n) is 3.36. The minimum atomic E-state index is -0.342. The lowest BCUT2D eigenvalue weighted by Gasteiger charge is -2.35. The van der Waals surface area contributed by atoms with Gasteiger partial charge in [-0.3, -0.25) is 4.79 Å². The molecule has 0 radical (unpaired) electrons. The molecule has 144 valence electrons. The third-order valence-corrected chi connectivity index (χ3v) is 4.87. The van der Waals surface area contributed by atoms with Gasteiger partial charge in [-0.15, -0.1) is 10.2 Å². The summed E-state index contributed by atoms with van der Waals surface area (Å²) in [4.78, 5) is 16.4. The Kier molecular flexibility index (Phi) is 5.06. The molecule has 1 amide bonds.